The Morgan fingerprint density at radius 3 is 2.69 bits per heavy atom. The minimum Gasteiger partial charge on any atom is -0.382 e. The van der Waals surface area contributed by atoms with E-state index in [0.29, 0.717) is 6.04 Å². The first-order chi connectivity index (χ1) is 6.25. The maximum Gasteiger partial charge on any atom is 0.0354 e. The highest BCUT2D eigenvalue weighted by atomic mass is 127. The Morgan fingerprint density at radius 1 is 1.38 bits per heavy atom. The molecule has 1 aromatic carbocycles. The minimum absolute atomic E-state index is 0.715. The van der Waals surface area contributed by atoms with E-state index in [1.165, 1.54) is 33.0 Å². The Hall–Kier alpha value is 0.230. The van der Waals surface area contributed by atoms with Crippen molar-refractivity contribution < 1.29 is 0 Å². The summed E-state index contributed by atoms with van der Waals surface area (Å²) in [5, 5.41) is 3.51. The third kappa shape index (κ3) is 2.37. The van der Waals surface area contributed by atoms with Crippen LogP contribution in [0.3, 0.4) is 0 Å². The second-order valence-electron chi connectivity index (χ2n) is 3.40. The molecule has 0 saturated heterocycles. The van der Waals surface area contributed by atoms with Crippen LogP contribution in [0.5, 0.6) is 0 Å². The zero-order valence-corrected chi connectivity index (χ0v) is 10.9. The van der Waals surface area contributed by atoms with Gasteiger partial charge in [-0.15, -0.1) is 0 Å². The standard InChI is InChI=1S/C10H11BrIN/c11-9-6-8(4-5-10(9)12)13-7-2-1-3-7/h4-7,13H,1-3H2. The fourth-order valence-electron chi connectivity index (χ4n) is 1.37. The summed E-state index contributed by atoms with van der Waals surface area (Å²) in [4.78, 5) is 0. The largest absolute Gasteiger partial charge is 0.382 e. The fraction of sp³-hybridized carbons (Fsp3) is 0.400. The second-order valence-corrected chi connectivity index (χ2v) is 5.42. The molecule has 0 radical (unpaired) electrons. The maximum atomic E-state index is 3.53. The molecule has 1 fully saturated rings. The Kier molecular flexibility index (Phi) is 3.14. The number of anilines is 1. The predicted octanol–water partition coefficient (Wildman–Crippen LogP) is 4.02. The molecule has 0 unspecified atom stereocenters. The van der Waals surface area contributed by atoms with Crippen molar-refractivity contribution in [3.63, 3.8) is 0 Å². The summed E-state index contributed by atoms with van der Waals surface area (Å²) in [6, 6.07) is 7.14. The van der Waals surface area contributed by atoms with E-state index in [9.17, 15) is 0 Å². The van der Waals surface area contributed by atoms with Gasteiger partial charge < -0.3 is 5.32 Å². The molecule has 0 atom stereocenters. The highest BCUT2D eigenvalue weighted by Crippen LogP contribution is 2.27. The summed E-state index contributed by atoms with van der Waals surface area (Å²) >= 11 is 5.85. The van der Waals surface area contributed by atoms with Gasteiger partial charge in [-0.3, -0.25) is 0 Å². The van der Waals surface area contributed by atoms with Gasteiger partial charge in [0.05, 0.1) is 0 Å². The van der Waals surface area contributed by atoms with Crippen molar-refractivity contribution >= 4 is 44.2 Å². The third-order valence-corrected chi connectivity index (χ3v) is 4.73. The summed E-state index contributed by atoms with van der Waals surface area (Å²) in [6.07, 6.45) is 4.02. The molecule has 1 nitrogen and oxygen atoms in total. The van der Waals surface area contributed by atoms with Gasteiger partial charge in [0.2, 0.25) is 0 Å². The van der Waals surface area contributed by atoms with Crippen molar-refractivity contribution in [1.82, 2.24) is 0 Å². The van der Waals surface area contributed by atoms with Crippen molar-refractivity contribution in [3.05, 3.63) is 26.2 Å². The maximum absolute atomic E-state index is 3.53. The Morgan fingerprint density at radius 2 is 2.15 bits per heavy atom. The topological polar surface area (TPSA) is 12.0 Å². The zero-order chi connectivity index (χ0) is 9.26. The van der Waals surface area contributed by atoms with E-state index in [0.717, 1.165) is 0 Å². The third-order valence-electron chi connectivity index (χ3n) is 2.40. The lowest BCUT2D eigenvalue weighted by molar-refractivity contribution is 0.445. The van der Waals surface area contributed by atoms with E-state index >= 15 is 0 Å². The lowest BCUT2D eigenvalue weighted by atomic mass is 9.93. The molecule has 0 spiro atoms. The van der Waals surface area contributed by atoms with Gasteiger partial charge in [0.25, 0.3) is 0 Å². The van der Waals surface area contributed by atoms with Crippen molar-refractivity contribution in [3.8, 4) is 0 Å². The second kappa shape index (κ2) is 4.17. The zero-order valence-electron chi connectivity index (χ0n) is 7.19. The number of hydrogen-bond acceptors (Lipinski definition) is 1. The first kappa shape index (κ1) is 9.77. The highest BCUT2D eigenvalue weighted by molar-refractivity contribution is 14.1. The smallest absolute Gasteiger partial charge is 0.0354 e. The van der Waals surface area contributed by atoms with Gasteiger partial charge in [-0.1, -0.05) is 0 Å². The highest BCUT2D eigenvalue weighted by Gasteiger charge is 2.16. The average molecular weight is 352 g/mol. The van der Waals surface area contributed by atoms with Gasteiger partial charge in [0, 0.05) is 19.8 Å². The fourth-order valence-corrected chi connectivity index (χ4v) is 2.09. The van der Waals surface area contributed by atoms with Gasteiger partial charge in [-0.2, -0.15) is 0 Å². The summed E-state index contributed by atoms with van der Waals surface area (Å²) < 4.78 is 2.44. The van der Waals surface area contributed by atoms with E-state index < -0.39 is 0 Å². The molecule has 1 aliphatic rings. The molecule has 1 N–H and O–H groups in total. The molecule has 0 amide bonds. The van der Waals surface area contributed by atoms with Crippen LogP contribution in [0.4, 0.5) is 5.69 Å². The molecule has 1 saturated carbocycles. The van der Waals surface area contributed by atoms with Crippen molar-refractivity contribution in [2.75, 3.05) is 5.32 Å². The Bertz CT molecular complexity index is 310. The van der Waals surface area contributed by atoms with Gasteiger partial charge in [-0.25, -0.2) is 0 Å². The van der Waals surface area contributed by atoms with Crippen LogP contribution < -0.4 is 5.32 Å². The monoisotopic (exact) mass is 351 g/mol. The van der Waals surface area contributed by atoms with Crippen LogP contribution in [0.15, 0.2) is 22.7 Å². The molecule has 0 aromatic heterocycles. The average Bonchev–Trinajstić information content (AvgIpc) is 2.04. The first-order valence-corrected chi connectivity index (χ1v) is 6.34. The van der Waals surface area contributed by atoms with Crippen LogP contribution in [-0.4, -0.2) is 6.04 Å². The molecule has 0 aliphatic heterocycles. The van der Waals surface area contributed by atoms with E-state index in [1.807, 2.05) is 0 Å². The number of halogens is 2. The van der Waals surface area contributed by atoms with E-state index in [-0.39, 0.29) is 0 Å². The van der Waals surface area contributed by atoms with Crippen LogP contribution >= 0.6 is 38.5 Å². The molecular formula is C10H11BrIN. The van der Waals surface area contributed by atoms with Crippen molar-refractivity contribution in [2.45, 2.75) is 25.3 Å². The molecule has 2 rings (SSSR count). The van der Waals surface area contributed by atoms with Gasteiger partial charge in [0.15, 0.2) is 0 Å². The summed E-state index contributed by atoms with van der Waals surface area (Å²) in [5.74, 6) is 0. The van der Waals surface area contributed by atoms with Crippen LogP contribution in [0.1, 0.15) is 19.3 Å². The lowest BCUT2D eigenvalue weighted by Crippen LogP contribution is -2.26. The van der Waals surface area contributed by atoms with Crippen LogP contribution in [0, 0.1) is 3.57 Å². The van der Waals surface area contributed by atoms with Gasteiger partial charge in [0.1, 0.15) is 0 Å². The summed E-state index contributed by atoms with van der Waals surface area (Å²) in [5.41, 5.74) is 1.23. The SMILES string of the molecule is Brc1cc(NC2CCC2)ccc1I. The van der Waals surface area contributed by atoms with E-state index in [4.69, 9.17) is 0 Å². The Balaban J connectivity index is 2.07. The van der Waals surface area contributed by atoms with Gasteiger partial charge >= 0.3 is 0 Å². The molecular weight excluding hydrogens is 341 g/mol. The molecule has 0 heterocycles. The van der Waals surface area contributed by atoms with Crippen LogP contribution in [0.25, 0.3) is 0 Å². The first-order valence-electron chi connectivity index (χ1n) is 4.47. The van der Waals surface area contributed by atoms with E-state index in [1.54, 1.807) is 0 Å². The van der Waals surface area contributed by atoms with Crippen molar-refractivity contribution in [2.24, 2.45) is 0 Å². The Labute approximate surface area is 101 Å². The predicted molar refractivity (Wildman–Crippen MR) is 68.1 cm³/mol. The number of rotatable bonds is 2. The summed E-state index contributed by atoms with van der Waals surface area (Å²) in [6.45, 7) is 0. The minimum atomic E-state index is 0.715. The van der Waals surface area contributed by atoms with Crippen LogP contribution in [-0.2, 0) is 0 Å². The number of hydrogen-bond donors (Lipinski definition) is 1. The van der Waals surface area contributed by atoms with E-state index in [2.05, 4.69) is 62.0 Å². The molecule has 3 heteroatoms. The lowest BCUT2D eigenvalue weighted by Gasteiger charge is -2.27. The van der Waals surface area contributed by atoms with Gasteiger partial charge in [-0.05, 0) is 76.0 Å². The quantitative estimate of drug-likeness (QED) is 0.793. The number of benzene rings is 1. The van der Waals surface area contributed by atoms with Crippen LogP contribution in [0.2, 0.25) is 0 Å². The molecule has 13 heavy (non-hydrogen) atoms. The molecule has 1 aromatic rings. The normalized spacial score (nSPS) is 16.8. The molecule has 1 aliphatic carbocycles. The summed E-state index contributed by atoms with van der Waals surface area (Å²) in [7, 11) is 0. The molecule has 0 bridgehead atoms. The number of nitrogens with one attached hydrogen (secondary N) is 1. The molecule has 70 valence electrons. The van der Waals surface area contributed by atoms with Crippen molar-refractivity contribution in [1.29, 1.82) is 0 Å².